The van der Waals surface area contributed by atoms with E-state index in [4.69, 9.17) is 5.41 Å². The molecule has 2 aliphatic rings. The van der Waals surface area contributed by atoms with E-state index in [1.54, 1.807) is 0 Å². The van der Waals surface area contributed by atoms with Crippen LogP contribution in [0.1, 0.15) is 6.42 Å². The number of rotatable bonds is 1. The first-order chi connectivity index (χ1) is 6.38. The molecule has 13 heavy (non-hydrogen) atoms. The summed E-state index contributed by atoms with van der Waals surface area (Å²) in [7, 11) is 0. The Morgan fingerprint density at radius 3 is 2.85 bits per heavy atom. The van der Waals surface area contributed by atoms with Crippen LogP contribution < -0.4 is 0 Å². The van der Waals surface area contributed by atoms with Crippen LogP contribution in [0.25, 0.3) is 0 Å². The van der Waals surface area contributed by atoms with E-state index >= 15 is 0 Å². The SMILES string of the molecule is N=C1C=CC=CC1C1=C[CH]C=CC1. The van der Waals surface area contributed by atoms with Crippen LogP contribution in [0.4, 0.5) is 0 Å². The molecule has 0 saturated carbocycles. The van der Waals surface area contributed by atoms with Gasteiger partial charge in [-0.3, -0.25) is 0 Å². The van der Waals surface area contributed by atoms with E-state index in [-0.39, 0.29) is 5.92 Å². The first kappa shape index (κ1) is 8.24. The van der Waals surface area contributed by atoms with E-state index < -0.39 is 0 Å². The zero-order valence-corrected chi connectivity index (χ0v) is 7.40. The van der Waals surface area contributed by atoms with E-state index in [9.17, 15) is 0 Å². The summed E-state index contributed by atoms with van der Waals surface area (Å²) in [5.41, 5.74) is 2.01. The molecular weight excluding hydrogens is 158 g/mol. The fraction of sp³-hybridized carbons (Fsp3) is 0.167. The van der Waals surface area contributed by atoms with Crippen molar-refractivity contribution >= 4 is 5.71 Å². The molecule has 0 heterocycles. The summed E-state index contributed by atoms with van der Waals surface area (Å²) >= 11 is 0. The van der Waals surface area contributed by atoms with Crippen molar-refractivity contribution in [2.45, 2.75) is 6.42 Å². The van der Waals surface area contributed by atoms with Crippen molar-refractivity contribution in [3.8, 4) is 0 Å². The van der Waals surface area contributed by atoms with Crippen molar-refractivity contribution in [3.63, 3.8) is 0 Å². The van der Waals surface area contributed by atoms with E-state index in [0.29, 0.717) is 5.71 Å². The minimum absolute atomic E-state index is 0.200. The lowest BCUT2D eigenvalue weighted by Gasteiger charge is -2.18. The molecule has 0 spiro atoms. The topological polar surface area (TPSA) is 23.9 Å². The molecule has 2 rings (SSSR count). The third-order valence-corrected chi connectivity index (χ3v) is 2.34. The second kappa shape index (κ2) is 3.56. The van der Waals surface area contributed by atoms with Gasteiger partial charge in [0.1, 0.15) is 0 Å². The molecule has 0 fully saturated rings. The quantitative estimate of drug-likeness (QED) is 0.625. The number of allylic oxidation sites excluding steroid dienone is 8. The second-order valence-corrected chi connectivity index (χ2v) is 3.24. The molecule has 0 aromatic carbocycles. The van der Waals surface area contributed by atoms with E-state index in [1.165, 1.54) is 5.57 Å². The Hall–Kier alpha value is -1.37. The highest BCUT2D eigenvalue weighted by atomic mass is 14.4. The molecule has 0 aromatic rings. The lowest BCUT2D eigenvalue weighted by molar-refractivity contribution is 0.947. The highest BCUT2D eigenvalue weighted by molar-refractivity contribution is 5.98. The van der Waals surface area contributed by atoms with Gasteiger partial charge in [0.15, 0.2) is 0 Å². The maximum atomic E-state index is 7.77. The van der Waals surface area contributed by atoms with Gasteiger partial charge in [0.05, 0.1) is 0 Å². The maximum Gasteiger partial charge on any atom is 0.0423 e. The monoisotopic (exact) mass is 170 g/mol. The average Bonchev–Trinajstić information content (AvgIpc) is 2.20. The van der Waals surface area contributed by atoms with E-state index in [0.717, 1.165) is 6.42 Å². The van der Waals surface area contributed by atoms with Gasteiger partial charge in [-0.15, -0.1) is 0 Å². The van der Waals surface area contributed by atoms with Crippen LogP contribution in [0.15, 0.2) is 48.1 Å². The largest absolute Gasteiger partial charge is 0.304 e. The molecule has 0 aliphatic heterocycles. The Labute approximate surface area is 78.7 Å². The summed E-state index contributed by atoms with van der Waals surface area (Å²) in [6, 6.07) is 0. The van der Waals surface area contributed by atoms with Gasteiger partial charge in [-0.2, -0.15) is 0 Å². The lowest BCUT2D eigenvalue weighted by Crippen LogP contribution is -2.14. The second-order valence-electron chi connectivity index (χ2n) is 3.24. The van der Waals surface area contributed by atoms with Gasteiger partial charge in [0.2, 0.25) is 0 Å². The van der Waals surface area contributed by atoms with Crippen molar-refractivity contribution in [2.24, 2.45) is 5.92 Å². The maximum absolute atomic E-state index is 7.77. The van der Waals surface area contributed by atoms with Gasteiger partial charge in [-0.05, 0) is 12.5 Å². The summed E-state index contributed by atoms with van der Waals surface area (Å²) in [6.07, 6.45) is 17.2. The predicted octanol–water partition coefficient (Wildman–Crippen LogP) is 2.84. The van der Waals surface area contributed by atoms with Crippen LogP contribution in [0.2, 0.25) is 0 Å². The standard InChI is InChI=1S/C12H12N/c13-12-9-5-4-8-11(12)10-6-2-1-3-7-10/h1-6,8-9,11,13H,7H2. The minimum Gasteiger partial charge on any atom is -0.304 e. The Morgan fingerprint density at radius 1 is 1.23 bits per heavy atom. The highest BCUT2D eigenvalue weighted by Crippen LogP contribution is 2.24. The molecule has 1 nitrogen and oxygen atoms in total. The molecule has 65 valence electrons. The Kier molecular flexibility index (Phi) is 2.26. The molecule has 1 N–H and O–H groups in total. The fourth-order valence-corrected chi connectivity index (χ4v) is 1.63. The van der Waals surface area contributed by atoms with Crippen molar-refractivity contribution in [1.29, 1.82) is 5.41 Å². The summed E-state index contributed by atoms with van der Waals surface area (Å²) in [5, 5.41) is 7.77. The lowest BCUT2D eigenvalue weighted by atomic mass is 9.86. The zero-order chi connectivity index (χ0) is 9.10. The Bertz CT molecular complexity index is 329. The zero-order valence-electron chi connectivity index (χ0n) is 7.40. The molecule has 0 aromatic heterocycles. The van der Waals surface area contributed by atoms with Crippen LogP contribution in [0, 0.1) is 17.7 Å². The van der Waals surface area contributed by atoms with Gasteiger partial charge >= 0.3 is 0 Å². The first-order valence-corrected chi connectivity index (χ1v) is 4.50. The first-order valence-electron chi connectivity index (χ1n) is 4.50. The highest BCUT2D eigenvalue weighted by Gasteiger charge is 2.16. The van der Waals surface area contributed by atoms with E-state index in [1.807, 2.05) is 24.6 Å². The smallest absolute Gasteiger partial charge is 0.0423 e. The average molecular weight is 170 g/mol. The van der Waals surface area contributed by atoms with Crippen LogP contribution in [0.5, 0.6) is 0 Å². The summed E-state index contributed by atoms with van der Waals surface area (Å²) in [4.78, 5) is 0. The summed E-state index contributed by atoms with van der Waals surface area (Å²) in [5.74, 6) is 0.200. The molecule has 1 atom stereocenters. The van der Waals surface area contributed by atoms with Crippen molar-refractivity contribution in [1.82, 2.24) is 0 Å². The Morgan fingerprint density at radius 2 is 2.15 bits per heavy atom. The van der Waals surface area contributed by atoms with E-state index in [2.05, 4.69) is 24.3 Å². The van der Waals surface area contributed by atoms with Crippen LogP contribution in [-0.2, 0) is 0 Å². The van der Waals surface area contributed by atoms with Gasteiger partial charge in [0, 0.05) is 18.1 Å². The molecular formula is C12H12N. The molecule has 0 amide bonds. The molecule has 0 bridgehead atoms. The normalized spacial score (nSPS) is 26.3. The predicted molar refractivity (Wildman–Crippen MR) is 55.6 cm³/mol. The van der Waals surface area contributed by atoms with Crippen molar-refractivity contribution < 1.29 is 0 Å². The van der Waals surface area contributed by atoms with Crippen LogP contribution in [0.3, 0.4) is 0 Å². The summed E-state index contributed by atoms with van der Waals surface area (Å²) in [6.45, 7) is 0. The molecule has 2 aliphatic carbocycles. The number of hydrogen-bond donors (Lipinski definition) is 1. The molecule has 1 radical (unpaired) electrons. The number of hydrogen-bond acceptors (Lipinski definition) is 1. The molecule has 0 saturated heterocycles. The minimum atomic E-state index is 0.200. The third-order valence-electron chi connectivity index (χ3n) is 2.34. The van der Waals surface area contributed by atoms with Gasteiger partial charge in [-0.1, -0.05) is 42.0 Å². The van der Waals surface area contributed by atoms with Gasteiger partial charge in [0.25, 0.3) is 0 Å². The van der Waals surface area contributed by atoms with Crippen LogP contribution in [-0.4, -0.2) is 5.71 Å². The third kappa shape index (κ3) is 1.69. The fourth-order valence-electron chi connectivity index (χ4n) is 1.63. The number of nitrogens with one attached hydrogen (secondary N) is 1. The van der Waals surface area contributed by atoms with Crippen molar-refractivity contribution in [3.05, 3.63) is 54.5 Å². The van der Waals surface area contributed by atoms with Gasteiger partial charge < -0.3 is 5.41 Å². The van der Waals surface area contributed by atoms with Crippen molar-refractivity contribution in [2.75, 3.05) is 0 Å². The summed E-state index contributed by atoms with van der Waals surface area (Å²) < 4.78 is 0. The molecule has 1 unspecified atom stereocenters. The van der Waals surface area contributed by atoms with Gasteiger partial charge in [-0.25, -0.2) is 0 Å². The molecule has 1 heteroatoms. The Balaban J connectivity index is 2.16. The van der Waals surface area contributed by atoms with Crippen LogP contribution >= 0.6 is 0 Å².